The first-order valence-corrected chi connectivity index (χ1v) is 31.7. The van der Waals surface area contributed by atoms with E-state index in [-0.39, 0.29) is 81.5 Å². The number of halogens is 4. The van der Waals surface area contributed by atoms with E-state index in [4.69, 9.17) is 57.4 Å². The topological polar surface area (TPSA) is 355 Å². The van der Waals surface area contributed by atoms with Gasteiger partial charge in [-0.15, -0.1) is 0 Å². The summed E-state index contributed by atoms with van der Waals surface area (Å²) in [4.78, 5) is 144. The second kappa shape index (κ2) is 38.3. The lowest BCUT2D eigenvalue weighted by Gasteiger charge is -2.53. The van der Waals surface area contributed by atoms with Gasteiger partial charge in [-0.2, -0.15) is 9.78 Å². The van der Waals surface area contributed by atoms with Gasteiger partial charge in [-0.05, 0) is 72.8 Å². The van der Waals surface area contributed by atoms with Gasteiger partial charge >= 0.3 is 60.4 Å². The number of carbonyl (C=O) groups is 10. The van der Waals surface area contributed by atoms with Gasteiger partial charge in [-0.25, -0.2) is 65.5 Å². The molecule has 0 saturated carbocycles. The Hall–Kier alpha value is -14.0. The predicted octanol–water partition coefficient (Wildman–Crippen LogP) is 13.1. The molecule has 574 valence electrons. The fraction of sp³-hybridized carbons (Fsp3) is 0.184. The van der Waals surface area contributed by atoms with Crippen LogP contribution in [0.15, 0.2) is 172 Å². The minimum Gasteiger partial charge on any atom is -0.485 e. The molecular formula is C76H62F4O30. The Balaban J connectivity index is 1.05. The molecule has 0 radical (unpaired) electrons. The van der Waals surface area contributed by atoms with Crippen molar-refractivity contribution < 1.29 is 161 Å². The SMILES string of the molecule is C=CC(=O)OCOC(=O)Oc1ccc(/C=C\COOc2cc3c(cc2OOC/C=C/c2ccc(OC(=O)OCOC(=O)C=C)cc2F)C(C)(C)C2Oc4cc(OC(=O)/C=C/c5ccc(OC(=O)OCOC(=O)C=C)cc5F)c(OC(=O)/C=C/c5ccc(OC(=O)OCOC(=O)C=C)cc5F)cc4C(C)(C)C2O3)c(F)c1. The van der Waals surface area contributed by atoms with Gasteiger partial charge in [0.15, 0.2) is 11.5 Å². The van der Waals surface area contributed by atoms with Crippen molar-refractivity contribution in [2.45, 2.75) is 50.7 Å². The highest BCUT2D eigenvalue weighted by Crippen LogP contribution is 2.56. The van der Waals surface area contributed by atoms with Gasteiger partial charge in [0.05, 0.1) is 0 Å². The van der Waals surface area contributed by atoms with Crippen LogP contribution in [0.1, 0.15) is 61.1 Å². The molecule has 0 saturated heterocycles. The number of carbonyl (C=O) groups excluding carboxylic acids is 10. The Morgan fingerprint density at radius 3 is 0.955 bits per heavy atom. The van der Waals surface area contributed by atoms with Gasteiger partial charge in [-0.3, -0.25) is 0 Å². The normalized spacial score (nSPS) is 14.0. The average molecular weight is 1530 g/mol. The minimum absolute atomic E-state index is 0.00202. The van der Waals surface area contributed by atoms with Gasteiger partial charge in [-0.1, -0.05) is 78.3 Å². The zero-order chi connectivity index (χ0) is 79.7. The second-order valence-corrected chi connectivity index (χ2v) is 23.0. The average Bonchev–Trinajstić information content (AvgIpc) is 0.709. The Labute approximate surface area is 620 Å². The molecule has 2 atom stereocenters. The minimum atomic E-state index is -1.36. The molecule has 0 fully saturated rings. The number of fused-ring (bicyclic) bond motifs is 3. The van der Waals surface area contributed by atoms with Gasteiger partial charge in [0.25, 0.3) is 0 Å². The maximum atomic E-state index is 15.4. The van der Waals surface area contributed by atoms with Crippen LogP contribution in [0.4, 0.5) is 36.7 Å². The number of ether oxygens (including phenoxy) is 16. The Morgan fingerprint density at radius 1 is 0.364 bits per heavy atom. The van der Waals surface area contributed by atoms with Crippen molar-refractivity contribution >= 4 is 84.7 Å². The van der Waals surface area contributed by atoms with E-state index in [0.29, 0.717) is 11.1 Å². The summed E-state index contributed by atoms with van der Waals surface area (Å²) in [5, 5.41) is 0. The summed E-state index contributed by atoms with van der Waals surface area (Å²) in [5.41, 5.74) is -2.02. The summed E-state index contributed by atoms with van der Waals surface area (Å²) < 4.78 is 143. The summed E-state index contributed by atoms with van der Waals surface area (Å²) in [6.45, 7) is 16.0. The number of benzene rings is 6. The highest BCUT2D eigenvalue weighted by Gasteiger charge is 2.56. The van der Waals surface area contributed by atoms with Crippen LogP contribution in [0.5, 0.6) is 57.5 Å². The largest absolute Gasteiger partial charge is 0.516 e. The summed E-state index contributed by atoms with van der Waals surface area (Å²) >= 11 is 0. The molecule has 8 rings (SSSR count). The van der Waals surface area contributed by atoms with Crippen LogP contribution < -0.4 is 47.7 Å². The molecule has 0 aromatic heterocycles. The molecule has 30 nitrogen and oxygen atoms in total. The lowest BCUT2D eigenvalue weighted by Crippen LogP contribution is -2.61. The van der Waals surface area contributed by atoms with E-state index in [1.54, 1.807) is 27.7 Å². The van der Waals surface area contributed by atoms with Crippen LogP contribution in [0.25, 0.3) is 24.3 Å². The molecule has 0 amide bonds. The quantitative estimate of drug-likeness (QED) is 0.00362. The van der Waals surface area contributed by atoms with Gasteiger partial charge in [0.1, 0.15) is 83.2 Å². The van der Waals surface area contributed by atoms with Gasteiger partial charge in [0, 0.05) is 117 Å². The molecule has 34 heteroatoms. The van der Waals surface area contributed by atoms with E-state index in [2.05, 4.69) is 64.2 Å². The molecule has 0 bridgehead atoms. The molecular weight excluding hydrogens is 1470 g/mol. The van der Waals surface area contributed by atoms with Crippen molar-refractivity contribution in [3.05, 3.63) is 229 Å². The molecule has 6 aromatic rings. The lowest BCUT2D eigenvalue weighted by atomic mass is 9.65. The van der Waals surface area contributed by atoms with Crippen molar-refractivity contribution in [2.24, 2.45) is 0 Å². The maximum Gasteiger partial charge on any atom is 0.516 e. The van der Waals surface area contributed by atoms with Crippen LogP contribution >= 0.6 is 0 Å². The van der Waals surface area contributed by atoms with Gasteiger partial charge < -0.3 is 85.6 Å². The zero-order valence-corrected chi connectivity index (χ0v) is 58.2. The number of hydrogen-bond donors (Lipinski definition) is 0. The van der Waals surface area contributed by atoms with E-state index in [1.165, 1.54) is 72.8 Å². The summed E-state index contributed by atoms with van der Waals surface area (Å²) in [7, 11) is 0. The maximum absolute atomic E-state index is 15.4. The fourth-order valence-corrected chi connectivity index (χ4v) is 9.66. The van der Waals surface area contributed by atoms with E-state index >= 15 is 17.6 Å². The van der Waals surface area contributed by atoms with Crippen molar-refractivity contribution in [3.63, 3.8) is 0 Å². The summed E-state index contributed by atoms with van der Waals surface area (Å²) in [6, 6.07) is 18.4. The molecule has 2 aliphatic heterocycles. The number of esters is 6. The summed E-state index contributed by atoms with van der Waals surface area (Å²) in [6.07, 6.45) is 5.07. The number of rotatable bonds is 32. The van der Waals surface area contributed by atoms with Crippen LogP contribution in [-0.4, -0.2) is 113 Å². The monoisotopic (exact) mass is 1530 g/mol. The third-order valence-corrected chi connectivity index (χ3v) is 15.0. The molecule has 2 heterocycles. The standard InChI is InChI=1S/C76H62F4O30/c1-9-63(81)91-39-95-71(87)101-47-23-17-43(53(77)31-47)15-13-29-99-109-61-36-52-58(38-62(61)110-100-30-14-16-44-18-24-48(32-54(44)78)102-72(88)96-40-92-64(82)10-2)108-69-70(76(52,7)8)107-57-37-60(106-68(86)28-22-46-20-26-50(34-56(46)80)104-74(90)98-42-94-66(84)12-4)59(35-51(57)75(69,5)6)105-67(85)27-21-45-19-25-49(33-55(45)79)103-73(89)97-41-93-65(83)11-3/h9-28,31-38,69-70H,1-4,29-30,39-42H2,5-8H3/b15-13+,16-14-,27-21+,28-22+. The van der Waals surface area contributed by atoms with E-state index < -0.39 is 145 Å². The molecule has 0 N–H and O–H groups in total. The Morgan fingerprint density at radius 2 is 0.645 bits per heavy atom. The Kier molecular flexibility index (Phi) is 28.4. The van der Waals surface area contributed by atoms with E-state index in [0.717, 1.165) is 97.1 Å². The molecule has 2 unspecified atom stereocenters. The fourth-order valence-electron chi connectivity index (χ4n) is 9.66. The van der Waals surface area contributed by atoms with Gasteiger partial charge in [0.2, 0.25) is 38.7 Å². The molecule has 110 heavy (non-hydrogen) atoms. The van der Waals surface area contributed by atoms with Crippen molar-refractivity contribution in [1.29, 1.82) is 0 Å². The van der Waals surface area contributed by atoms with Crippen molar-refractivity contribution in [1.82, 2.24) is 0 Å². The third-order valence-electron chi connectivity index (χ3n) is 15.0. The Bertz CT molecular complexity index is 4690. The highest BCUT2D eigenvalue weighted by molar-refractivity contribution is 5.92. The molecule has 0 spiro atoms. The molecule has 0 aliphatic carbocycles. The zero-order valence-electron chi connectivity index (χ0n) is 58.2. The van der Waals surface area contributed by atoms with E-state index in [9.17, 15) is 47.9 Å². The smallest absolute Gasteiger partial charge is 0.485 e. The highest BCUT2D eigenvalue weighted by atomic mass is 19.1. The van der Waals surface area contributed by atoms with Crippen LogP contribution in [-0.2, 0) is 87.3 Å². The van der Waals surface area contributed by atoms with Crippen molar-refractivity contribution in [3.8, 4) is 57.5 Å². The van der Waals surface area contributed by atoms with Crippen LogP contribution in [0.2, 0.25) is 0 Å². The molecule has 2 aliphatic rings. The predicted molar refractivity (Wildman–Crippen MR) is 367 cm³/mol. The third kappa shape index (κ3) is 23.0. The molecule has 6 aromatic carbocycles. The first kappa shape index (κ1) is 81.6. The van der Waals surface area contributed by atoms with E-state index in [1.807, 2.05) is 0 Å². The number of hydrogen-bond acceptors (Lipinski definition) is 30. The van der Waals surface area contributed by atoms with Crippen LogP contribution in [0.3, 0.4) is 0 Å². The van der Waals surface area contributed by atoms with Crippen molar-refractivity contribution in [2.75, 3.05) is 40.4 Å². The lowest BCUT2D eigenvalue weighted by molar-refractivity contribution is -0.218. The first-order valence-electron chi connectivity index (χ1n) is 31.7. The second-order valence-electron chi connectivity index (χ2n) is 23.0. The first-order chi connectivity index (χ1) is 52.6. The summed E-state index contributed by atoms with van der Waals surface area (Å²) in [5.74, 6) is -11.7. The van der Waals surface area contributed by atoms with Crippen LogP contribution in [0, 0.1) is 23.3 Å².